The lowest BCUT2D eigenvalue weighted by Gasteiger charge is -2.42. The highest BCUT2D eigenvalue weighted by Crippen LogP contribution is 2.38. The number of benzene rings is 1. The summed E-state index contributed by atoms with van der Waals surface area (Å²) in [7, 11) is -3.62. The largest absolute Gasteiger partial charge is 0.341 e. The van der Waals surface area contributed by atoms with E-state index in [0.717, 1.165) is 61.8 Å². The molecular formula is C28H32N6O2S. The number of aryl methyl sites for hydroxylation is 1. The Morgan fingerprint density at radius 2 is 1.73 bits per heavy atom. The van der Waals surface area contributed by atoms with Crippen molar-refractivity contribution in [1.82, 2.24) is 29.6 Å². The second-order valence-corrected chi connectivity index (χ2v) is 11.8. The summed E-state index contributed by atoms with van der Waals surface area (Å²) >= 11 is 0. The summed E-state index contributed by atoms with van der Waals surface area (Å²) in [6.45, 7) is 0.713. The van der Waals surface area contributed by atoms with Crippen LogP contribution in [0.1, 0.15) is 61.6 Å². The van der Waals surface area contributed by atoms with Gasteiger partial charge in [0, 0.05) is 24.5 Å². The number of fused-ring (bicyclic) bond motifs is 2. The van der Waals surface area contributed by atoms with E-state index >= 15 is 0 Å². The molecule has 0 saturated heterocycles. The summed E-state index contributed by atoms with van der Waals surface area (Å²) in [6.07, 6.45) is 10.1. The fourth-order valence-corrected chi connectivity index (χ4v) is 7.22. The van der Waals surface area contributed by atoms with Crippen LogP contribution in [0.25, 0.3) is 11.0 Å². The number of aromatic nitrogens is 4. The van der Waals surface area contributed by atoms with E-state index in [0.29, 0.717) is 12.6 Å². The molecule has 3 aromatic heterocycles. The van der Waals surface area contributed by atoms with Crippen LogP contribution in [0.5, 0.6) is 0 Å². The van der Waals surface area contributed by atoms with Gasteiger partial charge in [-0.15, -0.1) is 0 Å². The topological polar surface area (TPSA) is 104 Å². The molecule has 0 spiro atoms. The molecule has 4 aromatic rings. The van der Waals surface area contributed by atoms with E-state index < -0.39 is 10.0 Å². The molecular weight excluding hydrogens is 484 g/mol. The SMILES string of the molecule is O=S(=O)(N[C@H]1CC[C@H](N(Cc2nc3ccccc3[nH]2)C2CCCc3cccnc32)CC1)c1ccccn1. The van der Waals surface area contributed by atoms with Gasteiger partial charge in [-0.1, -0.05) is 24.3 Å². The van der Waals surface area contributed by atoms with Gasteiger partial charge in [0.2, 0.25) is 0 Å². The molecule has 192 valence electrons. The highest BCUT2D eigenvalue weighted by atomic mass is 32.2. The molecule has 0 bridgehead atoms. The van der Waals surface area contributed by atoms with Gasteiger partial charge in [0.25, 0.3) is 10.0 Å². The number of nitrogens with one attached hydrogen (secondary N) is 2. The van der Waals surface area contributed by atoms with Crippen molar-refractivity contribution in [2.24, 2.45) is 0 Å². The van der Waals surface area contributed by atoms with Crippen LogP contribution in [-0.2, 0) is 23.0 Å². The quantitative estimate of drug-likeness (QED) is 0.374. The van der Waals surface area contributed by atoms with Gasteiger partial charge < -0.3 is 4.98 Å². The Kier molecular flexibility index (Phi) is 6.75. The summed E-state index contributed by atoms with van der Waals surface area (Å²) in [6, 6.07) is 17.8. The van der Waals surface area contributed by atoms with E-state index in [1.54, 1.807) is 12.1 Å². The van der Waals surface area contributed by atoms with E-state index in [1.807, 2.05) is 30.5 Å². The van der Waals surface area contributed by atoms with Gasteiger partial charge in [0.15, 0.2) is 5.03 Å². The molecule has 8 nitrogen and oxygen atoms in total. The van der Waals surface area contributed by atoms with Crippen LogP contribution in [0.2, 0.25) is 0 Å². The molecule has 1 fully saturated rings. The summed E-state index contributed by atoms with van der Waals surface area (Å²) in [5.74, 6) is 0.960. The molecule has 6 rings (SSSR count). The van der Waals surface area contributed by atoms with E-state index in [2.05, 4.69) is 31.7 Å². The number of sulfonamides is 1. The number of imidazole rings is 1. The van der Waals surface area contributed by atoms with E-state index in [9.17, 15) is 8.42 Å². The summed E-state index contributed by atoms with van der Waals surface area (Å²) in [5.41, 5.74) is 4.55. The molecule has 0 radical (unpaired) electrons. The van der Waals surface area contributed by atoms with Crippen molar-refractivity contribution in [1.29, 1.82) is 0 Å². The van der Waals surface area contributed by atoms with E-state index in [1.165, 1.54) is 23.5 Å². The lowest BCUT2D eigenvalue weighted by atomic mass is 9.86. The maximum atomic E-state index is 12.8. The highest BCUT2D eigenvalue weighted by Gasteiger charge is 2.35. The normalized spacial score (nSPS) is 22.2. The Morgan fingerprint density at radius 1 is 0.919 bits per heavy atom. The molecule has 3 heterocycles. The molecule has 9 heteroatoms. The maximum absolute atomic E-state index is 12.8. The van der Waals surface area contributed by atoms with Crippen molar-refractivity contribution in [2.45, 2.75) is 74.6 Å². The molecule has 0 amide bonds. The number of nitrogens with zero attached hydrogens (tertiary/aromatic N) is 4. The minimum absolute atomic E-state index is 0.0773. The van der Waals surface area contributed by atoms with Crippen molar-refractivity contribution in [3.8, 4) is 0 Å². The van der Waals surface area contributed by atoms with Crippen molar-refractivity contribution in [2.75, 3.05) is 0 Å². The van der Waals surface area contributed by atoms with Crippen LogP contribution in [0, 0.1) is 0 Å². The minimum Gasteiger partial charge on any atom is -0.341 e. The van der Waals surface area contributed by atoms with E-state index in [-0.39, 0.29) is 17.1 Å². The molecule has 1 atom stereocenters. The Morgan fingerprint density at radius 3 is 2.54 bits per heavy atom. The second kappa shape index (κ2) is 10.3. The average molecular weight is 517 g/mol. The smallest absolute Gasteiger partial charge is 0.258 e. The number of para-hydroxylation sites is 2. The van der Waals surface area contributed by atoms with Gasteiger partial charge >= 0.3 is 0 Å². The molecule has 1 unspecified atom stereocenters. The zero-order valence-corrected chi connectivity index (χ0v) is 21.6. The molecule has 2 aliphatic rings. The Bertz CT molecular complexity index is 1430. The summed E-state index contributed by atoms with van der Waals surface area (Å²) in [4.78, 5) is 19.8. The molecule has 2 N–H and O–H groups in total. The zero-order valence-electron chi connectivity index (χ0n) is 20.8. The van der Waals surface area contributed by atoms with Crippen LogP contribution in [-0.4, -0.2) is 45.3 Å². The number of pyridine rings is 2. The first-order chi connectivity index (χ1) is 18.1. The molecule has 2 aliphatic carbocycles. The van der Waals surface area contributed by atoms with Crippen LogP contribution in [0.15, 0.2) is 72.0 Å². The van der Waals surface area contributed by atoms with Crippen molar-refractivity contribution in [3.05, 3.63) is 84.1 Å². The van der Waals surface area contributed by atoms with Crippen molar-refractivity contribution >= 4 is 21.1 Å². The van der Waals surface area contributed by atoms with Gasteiger partial charge in [0.05, 0.1) is 29.3 Å². The monoisotopic (exact) mass is 516 g/mol. The first-order valence-corrected chi connectivity index (χ1v) is 14.6. The zero-order chi connectivity index (χ0) is 25.2. The average Bonchev–Trinajstić information content (AvgIpc) is 3.35. The van der Waals surface area contributed by atoms with Gasteiger partial charge in [-0.3, -0.25) is 9.88 Å². The standard InChI is InChI=1S/C28H32N6O2S/c35-37(36,27-12-3-4-17-29-27)33-21-13-15-22(16-14-21)34(19-26-31-23-9-1-2-10-24(23)32-26)25-11-5-7-20-8-6-18-30-28(20)25/h1-4,6,8-10,12,17-18,21-22,25,33H,5,7,11,13-16,19H2,(H,31,32)/t21-,22-,25?. The third-order valence-corrected chi connectivity index (χ3v) is 9.17. The van der Waals surface area contributed by atoms with E-state index in [4.69, 9.17) is 9.97 Å². The van der Waals surface area contributed by atoms with Gasteiger partial charge in [-0.05, 0) is 80.8 Å². The van der Waals surface area contributed by atoms with Crippen LogP contribution >= 0.6 is 0 Å². The fraction of sp³-hybridized carbons (Fsp3) is 0.393. The molecule has 37 heavy (non-hydrogen) atoms. The van der Waals surface area contributed by atoms with Crippen molar-refractivity contribution in [3.63, 3.8) is 0 Å². The summed E-state index contributed by atoms with van der Waals surface area (Å²) < 4.78 is 28.5. The Labute approximate surface area is 217 Å². The lowest BCUT2D eigenvalue weighted by Crippen LogP contribution is -2.45. The molecule has 1 saturated carbocycles. The number of hydrogen-bond acceptors (Lipinski definition) is 6. The first kappa shape index (κ1) is 24.2. The van der Waals surface area contributed by atoms with Gasteiger partial charge in [-0.25, -0.2) is 23.1 Å². The molecule has 1 aromatic carbocycles. The third-order valence-electron chi connectivity index (χ3n) is 7.74. The third kappa shape index (κ3) is 5.16. The van der Waals surface area contributed by atoms with Gasteiger partial charge in [-0.2, -0.15) is 0 Å². The van der Waals surface area contributed by atoms with Crippen LogP contribution in [0.3, 0.4) is 0 Å². The predicted octanol–water partition coefficient (Wildman–Crippen LogP) is 4.52. The Hall–Kier alpha value is -3.14. The maximum Gasteiger partial charge on any atom is 0.258 e. The van der Waals surface area contributed by atoms with Gasteiger partial charge in [0.1, 0.15) is 5.82 Å². The number of aromatic amines is 1. The lowest BCUT2D eigenvalue weighted by molar-refractivity contribution is 0.0749. The van der Waals surface area contributed by atoms with Crippen LogP contribution < -0.4 is 4.72 Å². The summed E-state index contributed by atoms with van der Waals surface area (Å²) in [5, 5.41) is 0.0773. The minimum atomic E-state index is -3.62. The van der Waals surface area contributed by atoms with Crippen molar-refractivity contribution < 1.29 is 8.42 Å². The van der Waals surface area contributed by atoms with Crippen LogP contribution in [0.4, 0.5) is 0 Å². The number of rotatable bonds is 7. The Balaban J connectivity index is 1.22. The predicted molar refractivity (Wildman–Crippen MR) is 142 cm³/mol. The molecule has 0 aliphatic heterocycles. The fourth-order valence-electron chi connectivity index (χ4n) is 5.97. The first-order valence-electron chi connectivity index (χ1n) is 13.1. The second-order valence-electron chi connectivity index (χ2n) is 10.1. The number of H-pyrrole nitrogens is 1. The highest BCUT2D eigenvalue weighted by molar-refractivity contribution is 7.89. The number of hydrogen-bond donors (Lipinski definition) is 2.